The van der Waals surface area contributed by atoms with Crippen LogP contribution in [0, 0.1) is 17.3 Å². The third-order valence-electron chi connectivity index (χ3n) is 13.0. The van der Waals surface area contributed by atoms with Gasteiger partial charge in [0.25, 0.3) is 23.6 Å². The Morgan fingerprint density at radius 1 is 0.967 bits per heavy atom. The number of pyridine rings is 1. The van der Waals surface area contributed by atoms with E-state index in [1.807, 2.05) is 12.1 Å². The summed E-state index contributed by atoms with van der Waals surface area (Å²) in [5.41, 5.74) is 2.24. The average Bonchev–Trinajstić information content (AvgIpc) is 3.73. The Morgan fingerprint density at radius 2 is 1.73 bits per heavy atom. The van der Waals surface area contributed by atoms with Crippen molar-refractivity contribution in [1.82, 2.24) is 25.1 Å². The van der Waals surface area contributed by atoms with E-state index in [1.54, 1.807) is 29.5 Å². The Balaban J connectivity index is 0.719. The van der Waals surface area contributed by atoms with Gasteiger partial charge in [-0.3, -0.25) is 34.2 Å². The molecule has 0 radical (unpaired) electrons. The van der Waals surface area contributed by atoms with Crippen molar-refractivity contribution in [3.8, 4) is 5.75 Å². The highest BCUT2D eigenvalue weighted by molar-refractivity contribution is 7.18. The number of hydrogen-bond acceptors (Lipinski definition) is 11. The number of amides is 5. The summed E-state index contributed by atoms with van der Waals surface area (Å²) in [6.45, 7) is 4.83. The smallest absolute Gasteiger partial charge is 0.287 e. The number of piperidine rings is 1. The van der Waals surface area contributed by atoms with Gasteiger partial charge in [-0.05, 0) is 98.9 Å². The van der Waals surface area contributed by atoms with Gasteiger partial charge < -0.3 is 20.3 Å². The second-order valence-corrected chi connectivity index (χ2v) is 18.4. The number of nitrogens with one attached hydrogen (secondary N) is 3. The first-order valence-electron chi connectivity index (χ1n) is 20.7. The van der Waals surface area contributed by atoms with Crippen LogP contribution in [0.3, 0.4) is 0 Å². The van der Waals surface area contributed by atoms with Crippen LogP contribution in [0.25, 0.3) is 10.2 Å². The third-order valence-corrected chi connectivity index (χ3v) is 14.2. The Morgan fingerprint density at radius 3 is 2.47 bits per heavy atom. The molecule has 3 N–H and O–H groups in total. The lowest BCUT2D eigenvalue weighted by Gasteiger charge is -2.60. The fraction of sp³-hybridized carbons (Fsp3) is 0.477. The first-order valence-corrected chi connectivity index (χ1v) is 21.5. The molecule has 0 bridgehead atoms. The van der Waals surface area contributed by atoms with E-state index in [9.17, 15) is 32.8 Å². The van der Waals surface area contributed by atoms with Gasteiger partial charge in [0.2, 0.25) is 11.8 Å². The van der Waals surface area contributed by atoms with Crippen LogP contribution >= 0.6 is 11.3 Å². The van der Waals surface area contributed by atoms with E-state index in [0.717, 1.165) is 78.8 Å². The van der Waals surface area contributed by atoms with Gasteiger partial charge in [0, 0.05) is 57.2 Å². The van der Waals surface area contributed by atoms with Crippen molar-refractivity contribution in [1.29, 1.82) is 0 Å². The van der Waals surface area contributed by atoms with Crippen LogP contribution < -0.4 is 20.7 Å². The second kappa shape index (κ2) is 15.6. The van der Waals surface area contributed by atoms with Gasteiger partial charge in [-0.25, -0.2) is 9.97 Å². The van der Waals surface area contributed by atoms with Crippen molar-refractivity contribution >= 4 is 62.5 Å². The number of aromatic nitrogens is 2. The second-order valence-electron chi connectivity index (χ2n) is 17.4. The molecule has 2 saturated heterocycles. The molecule has 9 rings (SSSR count). The van der Waals surface area contributed by atoms with Crippen molar-refractivity contribution < 1.29 is 37.5 Å². The molecule has 3 aliphatic heterocycles. The monoisotopic (exact) mass is 839 g/mol. The average molecular weight is 840 g/mol. The van der Waals surface area contributed by atoms with E-state index in [-0.39, 0.29) is 24.1 Å². The summed E-state index contributed by atoms with van der Waals surface area (Å²) < 4.78 is 34.2. The number of fused-ring (bicyclic) bond motifs is 2. The van der Waals surface area contributed by atoms with Crippen LogP contribution in [0.5, 0.6) is 5.75 Å². The molecule has 2 aromatic carbocycles. The normalized spacial score (nSPS) is 23.0. The van der Waals surface area contributed by atoms with Gasteiger partial charge in [-0.1, -0.05) is 12.1 Å². The number of nitrogens with zero attached hydrogens (tertiary/aromatic N) is 4. The number of imide groups is 2. The first kappa shape index (κ1) is 40.1. The number of likely N-dealkylation sites (tertiary alicyclic amines) is 1. The summed E-state index contributed by atoms with van der Waals surface area (Å²) in [5, 5.41) is 9.51. The summed E-state index contributed by atoms with van der Waals surface area (Å²) in [7, 11) is 1.51. The van der Waals surface area contributed by atoms with Gasteiger partial charge in [0.15, 0.2) is 0 Å². The van der Waals surface area contributed by atoms with E-state index < -0.39 is 47.2 Å². The van der Waals surface area contributed by atoms with Gasteiger partial charge in [0.05, 0.1) is 39.1 Å². The largest absolute Gasteiger partial charge is 0.494 e. The summed E-state index contributed by atoms with van der Waals surface area (Å²) in [6.07, 6.45) is 8.01. The maximum atomic E-state index is 13.8. The molecule has 1 unspecified atom stereocenters. The molecule has 13 nitrogen and oxygen atoms in total. The van der Waals surface area contributed by atoms with E-state index in [2.05, 4.69) is 25.8 Å². The highest BCUT2D eigenvalue weighted by atomic mass is 32.1. The Bertz CT molecular complexity index is 2400. The number of rotatable bonds is 12. The number of carbonyl (C=O) groups excluding carboxylic acids is 5. The number of benzene rings is 2. The van der Waals surface area contributed by atoms with Crippen molar-refractivity contribution in [3.63, 3.8) is 0 Å². The fourth-order valence-electron chi connectivity index (χ4n) is 10.1. The molecule has 2 aromatic heterocycles. The predicted octanol–water partition coefficient (Wildman–Crippen LogP) is 6.95. The van der Waals surface area contributed by atoms with Crippen molar-refractivity contribution in [2.45, 2.75) is 82.6 Å². The predicted molar refractivity (Wildman–Crippen MR) is 220 cm³/mol. The standard InChI is InChI=1S/C44H47F2N7O6S/c1-43(45,46)35-8-4-7-29(48-35)38(55)49-30-18-34-31(17-33(30)59-2)50-40(60-34)26-11-9-24(10-12-26)21-52-22-44(23-52)19-25(20-44)15-16-47-28-6-3-5-27-37(28)42(58)53(41(27)57)32-13-14-36(54)51-39(32)56/h3-8,17-18,24-26,32,47H,9-16,19-23H2,1-2H3,(H,49,55)(H,51,54,56). The van der Waals surface area contributed by atoms with Gasteiger partial charge in [-0.15, -0.1) is 11.3 Å². The lowest BCUT2D eigenvalue weighted by Crippen LogP contribution is -2.63. The molecule has 4 fully saturated rings. The molecule has 5 aliphatic rings. The van der Waals surface area contributed by atoms with Crippen LogP contribution in [0.15, 0.2) is 48.5 Å². The first-order chi connectivity index (χ1) is 28.8. The van der Waals surface area contributed by atoms with Gasteiger partial charge in [0.1, 0.15) is 23.2 Å². The number of thiazole rings is 1. The molecule has 2 saturated carbocycles. The molecule has 314 valence electrons. The third kappa shape index (κ3) is 7.63. The van der Waals surface area contributed by atoms with Gasteiger partial charge >= 0.3 is 0 Å². The van der Waals surface area contributed by atoms with E-state index in [0.29, 0.717) is 52.4 Å². The highest BCUT2D eigenvalue weighted by Crippen LogP contribution is 2.53. The van der Waals surface area contributed by atoms with E-state index in [1.165, 1.54) is 38.2 Å². The molecule has 60 heavy (non-hydrogen) atoms. The van der Waals surface area contributed by atoms with Crippen LogP contribution in [0.1, 0.15) is 113 Å². The SMILES string of the molecule is COc1cc2nc(C3CCC(CN4CC5(CC(CCNc6cccc7c6C(=O)N(C6CCC(=O)NC6=O)C7=O)C5)C4)CC3)sc2cc1NC(=O)c1cccc(C(C)(F)F)n1. The number of carbonyl (C=O) groups is 5. The molecule has 5 amide bonds. The zero-order valence-corrected chi connectivity index (χ0v) is 34.3. The number of methoxy groups -OCH3 is 1. The molecule has 2 aliphatic carbocycles. The maximum Gasteiger partial charge on any atom is 0.287 e. The van der Waals surface area contributed by atoms with Crippen LogP contribution in [-0.2, 0) is 15.5 Å². The molecular formula is C44H47F2N7O6S. The number of anilines is 2. The molecule has 1 spiro atoms. The summed E-state index contributed by atoms with van der Waals surface area (Å²) in [4.78, 5) is 76.2. The lowest BCUT2D eigenvalue weighted by molar-refractivity contribution is -0.136. The Labute approximate surface area is 349 Å². The molecule has 16 heteroatoms. The number of hydrogen-bond donors (Lipinski definition) is 3. The summed E-state index contributed by atoms with van der Waals surface area (Å²) in [5.74, 6) is -3.71. The summed E-state index contributed by atoms with van der Waals surface area (Å²) >= 11 is 1.62. The number of alkyl halides is 2. The van der Waals surface area contributed by atoms with Crippen molar-refractivity contribution in [2.75, 3.05) is 43.9 Å². The number of ether oxygens (including phenoxy) is 1. The minimum absolute atomic E-state index is 0.0854. The fourth-order valence-corrected chi connectivity index (χ4v) is 11.3. The zero-order valence-electron chi connectivity index (χ0n) is 33.5. The molecular weight excluding hydrogens is 793 g/mol. The minimum Gasteiger partial charge on any atom is -0.494 e. The minimum atomic E-state index is -3.16. The zero-order chi connectivity index (χ0) is 41.9. The highest BCUT2D eigenvalue weighted by Gasteiger charge is 2.52. The van der Waals surface area contributed by atoms with E-state index >= 15 is 0 Å². The lowest BCUT2D eigenvalue weighted by atomic mass is 9.57. The maximum absolute atomic E-state index is 13.8. The Hall–Kier alpha value is -5.35. The van der Waals surface area contributed by atoms with Crippen molar-refractivity contribution in [3.05, 3.63) is 76.1 Å². The topological polar surface area (TPSA) is 163 Å². The van der Waals surface area contributed by atoms with Crippen LogP contribution in [-0.4, -0.2) is 88.6 Å². The molecule has 5 heterocycles. The van der Waals surface area contributed by atoms with Crippen LogP contribution in [0.2, 0.25) is 0 Å². The van der Waals surface area contributed by atoms with Crippen molar-refractivity contribution in [2.24, 2.45) is 17.3 Å². The Kier molecular flexibility index (Phi) is 10.4. The molecule has 4 aromatic rings. The van der Waals surface area contributed by atoms with E-state index in [4.69, 9.17) is 9.72 Å². The van der Waals surface area contributed by atoms with Gasteiger partial charge in [-0.2, -0.15) is 8.78 Å². The summed E-state index contributed by atoms with van der Waals surface area (Å²) in [6, 6.07) is 11.8. The quantitative estimate of drug-likeness (QED) is 0.127. The number of halogens is 2. The molecule has 1 atom stereocenters. The van der Waals surface area contributed by atoms with Crippen LogP contribution in [0.4, 0.5) is 20.2 Å².